The molecular weight excluding hydrogens is 228 g/mol. The van der Waals surface area contributed by atoms with Crippen LogP contribution in [-0.4, -0.2) is 19.1 Å². The Hall–Kier alpha value is -1.55. The molecule has 0 heterocycles. The lowest BCUT2D eigenvalue weighted by molar-refractivity contribution is -0.123. The smallest absolute Gasteiger partial charge is 0.231 e. The minimum absolute atomic E-state index is 0.0855. The van der Waals surface area contributed by atoms with Crippen molar-refractivity contribution in [1.82, 2.24) is 0 Å². The molecule has 0 aliphatic carbocycles. The van der Waals surface area contributed by atoms with Gasteiger partial charge in [0.15, 0.2) is 0 Å². The van der Waals surface area contributed by atoms with E-state index < -0.39 is 5.41 Å². The first-order chi connectivity index (χ1) is 8.49. The Morgan fingerprint density at radius 2 is 2.17 bits per heavy atom. The van der Waals surface area contributed by atoms with Gasteiger partial charge in [0.1, 0.15) is 5.75 Å². The van der Waals surface area contributed by atoms with Crippen LogP contribution >= 0.6 is 0 Å². The number of hydrogen-bond acceptors (Lipinski definition) is 3. The van der Waals surface area contributed by atoms with Gasteiger partial charge in [0.2, 0.25) is 5.91 Å². The third kappa shape index (κ3) is 4.04. The summed E-state index contributed by atoms with van der Waals surface area (Å²) in [7, 11) is 0. The number of anilines is 1. The summed E-state index contributed by atoms with van der Waals surface area (Å²) in [5.41, 5.74) is 5.73. The summed E-state index contributed by atoms with van der Waals surface area (Å²) in [5, 5.41) is 2.85. The first-order valence-electron chi connectivity index (χ1n) is 6.24. The minimum atomic E-state index is -0.569. The quantitative estimate of drug-likeness (QED) is 0.814. The summed E-state index contributed by atoms with van der Waals surface area (Å²) in [6.45, 7) is 6.67. The molecule has 1 aromatic carbocycles. The van der Waals surface area contributed by atoms with Crippen LogP contribution in [0.2, 0.25) is 0 Å². The summed E-state index contributed by atoms with van der Waals surface area (Å²) >= 11 is 0. The molecule has 3 N–H and O–H groups in total. The second-order valence-corrected chi connectivity index (χ2v) is 4.92. The highest BCUT2D eigenvalue weighted by Gasteiger charge is 2.25. The molecule has 18 heavy (non-hydrogen) atoms. The Balaban J connectivity index is 2.70. The monoisotopic (exact) mass is 250 g/mol. The third-order valence-corrected chi connectivity index (χ3v) is 2.69. The summed E-state index contributed by atoms with van der Waals surface area (Å²) in [5.74, 6) is 0.679. The van der Waals surface area contributed by atoms with Gasteiger partial charge in [0, 0.05) is 18.3 Å². The van der Waals surface area contributed by atoms with E-state index in [-0.39, 0.29) is 5.91 Å². The molecule has 4 heteroatoms. The Kier molecular flexibility index (Phi) is 5.16. The summed E-state index contributed by atoms with van der Waals surface area (Å²) in [4.78, 5) is 12.0. The molecule has 0 saturated carbocycles. The molecule has 0 aliphatic rings. The number of benzene rings is 1. The topological polar surface area (TPSA) is 64.3 Å². The van der Waals surface area contributed by atoms with Crippen LogP contribution in [0.3, 0.4) is 0 Å². The zero-order valence-corrected chi connectivity index (χ0v) is 11.3. The maximum atomic E-state index is 12.0. The molecule has 0 aliphatic heterocycles. The van der Waals surface area contributed by atoms with Gasteiger partial charge in [-0.1, -0.05) is 13.0 Å². The third-order valence-electron chi connectivity index (χ3n) is 2.69. The molecule has 0 unspecified atom stereocenters. The van der Waals surface area contributed by atoms with Gasteiger partial charge in [-0.2, -0.15) is 0 Å². The highest BCUT2D eigenvalue weighted by atomic mass is 16.5. The van der Waals surface area contributed by atoms with Crippen LogP contribution in [0.4, 0.5) is 5.69 Å². The summed E-state index contributed by atoms with van der Waals surface area (Å²) < 4.78 is 5.51. The van der Waals surface area contributed by atoms with Crippen LogP contribution in [0.5, 0.6) is 5.75 Å². The molecule has 4 nitrogen and oxygen atoms in total. The Morgan fingerprint density at radius 3 is 2.78 bits per heavy atom. The fraction of sp³-hybridized carbons (Fsp3) is 0.500. The van der Waals surface area contributed by atoms with E-state index in [0.717, 1.165) is 17.9 Å². The van der Waals surface area contributed by atoms with Crippen molar-refractivity contribution in [3.8, 4) is 5.75 Å². The number of ether oxygens (including phenoxy) is 1. The van der Waals surface area contributed by atoms with Crippen molar-refractivity contribution < 1.29 is 9.53 Å². The normalized spacial score (nSPS) is 11.1. The molecule has 0 atom stereocenters. The second kappa shape index (κ2) is 6.40. The average molecular weight is 250 g/mol. The molecular formula is C14H22N2O2. The molecule has 0 radical (unpaired) electrons. The van der Waals surface area contributed by atoms with Crippen LogP contribution in [0, 0.1) is 5.41 Å². The zero-order valence-electron chi connectivity index (χ0n) is 11.3. The van der Waals surface area contributed by atoms with Crippen molar-refractivity contribution in [3.05, 3.63) is 24.3 Å². The van der Waals surface area contributed by atoms with Gasteiger partial charge < -0.3 is 15.8 Å². The zero-order chi connectivity index (χ0) is 13.6. The molecule has 0 bridgehead atoms. The van der Waals surface area contributed by atoms with Gasteiger partial charge in [-0.05, 0) is 32.4 Å². The molecule has 0 aromatic heterocycles. The highest BCUT2D eigenvalue weighted by Crippen LogP contribution is 2.21. The SMILES string of the molecule is CCCOc1cccc(NC(=O)C(C)(C)CN)c1. The van der Waals surface area contributed by atoms with Gasteiger partial charge in [0.25, 0.3) is 0 Å². The van der Waals surface area contributed by atoms with Crippen LogP contribution in [0.15, 0.2) is 24.3 Å². The van der Waals surface area contributed by atoms with Crippen LogP contribution in [0.25, 0.3) is 0 Å². The van der Waals surface area contributed by atoms with Crippen molar-refractivity contribution in [2.24, 2.45) is 11.1 Å². The van der Waals surface area contributed by atoms with E-state index in [0.29, 0.717) is 13.2 Å². The first-order valence-corrected chi connectivity index (χ1v) is 6.24. The lowest BCUT2D eigenvalue weighted by Gasteiger charge is -2.21. The predicted molar refractivity (Wildman–Crippen MR) is 73.7 cm³/mol. The van der Waals surface area contributed by atoms with Crippen LogP contribution in [-0.2, 0) is 4.79 Å². The van der Waals surface area contributed by atoms with E-state index in [2.05, 4.69) is 12.2 Å². The lowest BCUT2D eigenvalue weighted by atomic mass is 9.92. The van der Waals surface area contributed by atoms with Gasteiger partial charge in [-0.25, -0.2) is 0 Å². The van der Waals surface area contributed by atoms with E-state index >= 15 is 0 Å². The van der Waals surface area contributed by atoms with E-state index in [1.807, 2.05) is 38.1 Å². The Bertz CT molecular complexity index is 403. The van der Waals surface area contributed by atoms with Gasteiger partial charge in [-0.3, -0.25) is 4.79 Å². The predicted octanol–water partition coefficient (Wildman–Crippen LogP) is 2.40. The number of carbonyl (C=O) groups excluding carboxylic acids is 1. The van der Waals surface area contributed by atoms with E-state index in [1.165, 1.54) is 0 Å². The lowest BCUT2D eigenvalue weighted by Crippen LogP contribution is -2.37. The molecule has 0 saturated heterocycles. The molecule has 1 amide bonds. The number of rotatable bonds is 6. The second-order valence-electron chi connectivity index (χ2n) is 4.92. The van der Waals surface area contributed by atoms with Crippen molar-refractivity contribution in [3.63, 3.8) is 0 Å². The van der Waals surface area contributed by atoms with Crippen LogP contribution in [0.1, 0.15) is 27.2 Å². The fourth-order valence-electron chi connectivity index (χ4n) is 1.28. The fourth-order valence-corrected chi connectivity index (χ4v) is 1.28. The number of nitrogens with two attached hydrogens (primary N) is 1. The first kappa shape index (κ1) is 14.5. The minimum Gasteiger partial charge on any atom is -0.494 e. The van der Waals surface area contributed by atoms with Crippen molar-refractivity contribution in [2.45, 2.75) is 27.2 Å². The standard InChI is InChI=1S/C14H22N2O2/c1-4-8-18-12-7-5-6-11(9-12)16-13(17)14(2,3)10-15/h5-7,9H,4,8,10,15H2,1-3H3,(H,16,17). The number of carbonyl (C=O) groups is 1. The van der Waals surface area contributed by atoms with E-state index in [1.54, 1.807) is 0 Å². The van der Waals surface area contributed by atoms with Crippen molar-refractivity contribution >= 4 is 11.6 Å². The maximum absolute atomic E-state index is 12.0. The Morgan fingerprint density at radius 1 is 1.44 bits per heavy atom. The van der Waals surface area contributed by atoms with Gasteiger partial charge in [0.05, 0.1) is 12.0 Å². The number of hydrogen-bond donors (Lipinski definition) is 2. The molecule has 1 aromatic rings. The van der Waals surface area contributed by atoms with Crippen molar-refractivity contribution in [1.29, 1.82) is 0 Å². The van der Waals surface area contributed by atoms with Crippen molar-refractivity contribution in [2.75, 3.05) is 18.5 Å². The highest BCUT2D eigenvalue weighted by molar-refractivity contribution is 5.95. The molecule has 0 spiro atoms. The van der Waals surface area contributed by atoms with E-state index in [9.17, 15) is 4.79 Å². The largest absolute Gasteiger partial charge is 0.494 e. The van der Waals surface area contributed by atoms with Crippen LogP contribution < -0.4 is 15.8 Å². The summed E-state index contributed by atoms with van der Waals surface area (Å²) in [6, 6.07) is 7.39. The number of amides is 1. The van der Waals surface area contributed by atoms with E-state index in [4.69, 9.17) is 10.5 Å². The molecule has 1 rings (SSSR count). The Labute approximate surface area is 109 Å². The average Bonchev–Trinajstić information content (AvgIpc) is 2.36. The van der Waals surface area contributed by atoms with Gasteiger partial charge in [-0.15, -0.1) is 0 Å². The summed E-state index contributed by atoms with van der Waals surface area (Å²) in [6.07, 6.45) is 0.955. The molecule has 100 valence electrons. The number of nitrogens with one attached hydrogen (secondary N) is 1. The molecule has 0 fully saturated rings. The van der Waals surface area contributed by atoms with Gasteiger partial charge >= 0.3 is 0 Å². The maximum Gasteiger partial charge on any atom is 0.231 e.